The highest BCUT2D eigenvalue weighted by molar-refractivity contribution is 5.90. The smallest absolute Gasteiger partial charge is 0.233 e. The number of hydrogen-bond acceptors (Lipinski definition) is 4. The summed E-state index contributed by atoms with van der Waals surface area (Å²) in [5, 5.41) is 7.47. The molecule has 0 aromatic heterocycles. The lowest BCUT2D eigenvalue weighted by molar-refractivity contribution is 0.318. The Labute approximate surface area is 116 Å². The van der Waals surface area contributed by atoms with Gasteiger partial charge in [-0.2, -0.15) is 5.90 Å². The highest BCUT2D eigenvalue weighted by Crippen LogP contribution is 2.16. The second kappa shape index (κ2) is 9.30. The highest BCUT2D eigenvalue weighted by atomic mass is 16.6. The van der Waals surface area contributed by atoms with Gasteiger partial charge in [-0.15, -0.1) is 0 Å². The van der Waals surface area contributed by atoms with Crippen molar-refractivity contribution in [3.8, 4) is 0 Å². The van der Waals surface area contributed by atoms with E-state index in [1.807, 2.05) is 45.3 Å². The molecule has 3 N–H and O–H groups in total. The highest BCUT2D eigenvalue weighted by Gasteiger charge is 2.03. The van der Waals surface area contributed by atoms with Gasteiger partial charge < -0.3 is 9.74 Å². The van der Waals surface area contributed by atoms with E-state index in [1.165, 1.54) is 5.57 Å². The molecule has 0 radical (unpaired) electrons. The minimum Gasteiger partial charge on any atom is -0.392 e. The lowest BCUT2D eigenvalue weighted by Crippen LogP contribution is -2.14. The van der Waals surface area contributed by atoms with Gasteiger partial charge in [-0.3, -0.25) is 5.41 Å². The van der Waals surface area contributed by atoms with Gasteiger partial charge >= 0.3 is 0 Å². The summed E-state index contributed by atoms with van der Waals surface area (Å²) in [6.45, 7) is 8.56. The molecule has 0 amide bonds. The molecule has 106 valence electrons. The van der Waals surface area contributed by atoms with Crippen molar-refractivity contribution in [1.82, 2.24) is 4.90 Å². The van der Waals surface area contributed by atoms with E-state index in [2.05, 4.69) is 16.3 Å². The first kappa shape index (κ1) is 17.4. The van der Waals surface area contributed by atoms with Crippen LogP contribution in [0.25, 0.3) is 0 Å². The van der Waals surface area contributed by atoms with Crippen LogP contribution in [0, 0.1) is 5.41 Å². The van der Waals surface area contributed by atoms with E-state index in [9.17, 15) is 0 Å². The fourth-order valence-electron chi connectivity index (χ4n) is 1.50. The first-order valence-corrected chi connectivity index (χ1v) is 6.23. The van der Waals surface area contributed by atoms with Crippen LogP contribution in [0.4, 0.5) is 0 Å². The molecule has 19 heavy (non-hydrogen) atoms. The zero-order valence-corrected chi connectivity index (χ0v) is 12.4. The molecule has 0 aliphatic heterocycles. The molecule has 4 heteroatoms. The van der Waals surface area contributed by atoms with E-state index in [0.717, 1.165) is 18.5 Å². The van der Waals surface area contributed by atoms with Crippen LogP contribution in [0.1, 0.15) is 20.3 Å². The average molecular weight is 263 g/mol. The van der Waals surface area contributed by atoms with Crippen molar-refractivity contribution in [2.24, 2.45) is 5.90 Å². The molecular weight excluding hydrogens is 238 g/mol. The van der Waals surface area contributed by atoms with Crippen LogP contribution < -0.4 is 5.90 Å². The Balaban J connectivity index is 5.12. The number of hydrogen-bond donors (Lipinski definition) is 2. The molecule has 0 aliphatic carbocycles. The summed E-state index contributed by atoms with van der Waals surface area (Å²) in [6, 6.07) is 0. The molecule has 0 aliphatic rings. The second-order valence-corrected chi connectivity index (χ2v) is 4.49. The molecule has 0 aromatic carbocycles. The first-order chi connectivity index (χ1) is 8.96. The molecule has 0 aromatic rings. The molecule has 0 saturated carbocycles. The Morgan fingerprint density at radius 2 is 2.00 bits per heavy atom. The van der Waals surface area contributed by atoms with E-state index < -0.39 is 0 Å². The predicted molar refractivity (Wildman–Crippen MR) is 82.0 cm³/mol. The molecule has 0 saturated heterocycles. The van der Waals surface area contributed by atoms with Crippen LogP contribution in [0.3, 0.4) is 0 Å². The van der Waals surface area contributed by atoms with E-state index in [-0.39, 0.29) is 5.90 Å². The summed E-state index contributed by atoms with van der Waals surface area (Å²) in [5.74, 6) is 4.95. The fraction of sp³-hybridized carbons (Fsp3) is 0.400. The van der Waals surface area contributed by atoms with E-state index in [1.54, 1.807) is 6.92 Å². The van der Waals surface area contributed by atoms with Crippen molar-refractivity contribution in [3.63, 3.8) is 0 Å². The Hall–Kier alpha value is -1.65. The van der Waals surface area contributed by atoms with Gasteiger partial charge in [0.15, 0.2) is 0 Å². The largest absolute Gasteiger partial charge is 0.392 e. The molecule has 0 rings (SSSR count). The molecular formula is C15H25N3O. The Bertz CT molecular complexity index is 404. The van der Waals surface area contributed by atoms with Crippen LogP contribution >= 0.6 is 0 Å². The molecule has 0 atom stereocenters. The van der Waals surface area contributed by atoms with Crippen molar-refractivity contribution in [2.45, 2.75) is 20.3 Å². The Morgan fingerprint density at radius 3 is 2.42 bits per heavy atom. The van der Waals surface area contributed by atoms with Crippen LogP contribution in [0.2, 0.25) is 0 Å². The van der Waals surface area contributed by atoms with Crippen molar-refractivity contribution < 1.29 is 4.84 Å². The normalized spacial score (nSPS) is 13.7. The Kier molecular flexibility index (Phi) is 8.49. The van der Waals surface area contributed by atoms with Crippen molar-refractivity contribution >= 4 is 5.90 Å². The third kappa shape index (κ3) is 6.74. The summed E-state index contributed by atoms with van der Waals surface area (Å²) >= 11 is 0. The van der Waals surface area contributed by atoms with Gasteiger partial charge in [0.05, 0.1) is 0 Å². The van der Waals surface area contributed by atoms with Gasteiger partial charge in [-0.1, -0.05) is 30.9 Å². The van der Waals surface area contributed by atoms with Gasteiger partial charge in [0.1, 0.15) is 0 Å². The van der Waals surface area contributed by atoms with Crippen molar-refractivity contribution in [3.05, 3.63) is 47.6 Å². The van der Waals surface area contributed by atoms with Crippen LogP contribution in [0.5, 0.6) is 0 Å². The van der Waals surface area contributed by atoms with Crippen LogP contribution in [0.15, 0.2) is 47.6 Å². The summed E-state index contributed by atoms with van der Waals surface area (Å²) in [4.78, 5) is 6.53. The maximum absolute atomic E-state index is 7.47. The van der Waals surface area contributed by atoms with Gasteiger partial charge in [0.25, 0.3) is 0 Å². The quantitative estimate of drug-likeness (QED) is 0.321. The topological polar surface area (TPSA) is 62.3 Å². The van der Waals surface area contributed by atoms with Gasteiger partial charge in [-0.25, -0.2) is 0 Å². The third-order valence-corrected chi connectivity index (χ3v) is 2.74. The van der Waals surface area contributed by atoms with E-state index >= 15 is 0 Å². The number of nitrogens with two attached hydrogens (primary N) is 1. The zero-order valence-electron chi connectivity index (χ0n) is 12.4. The summed E-state index contributed by atoms with van der Waals surface area (Å²) < 4.78 is 0. The lowest BCUT2D eigenvalue weighted by Gasteiger charge is -2.13. The molecule has 0 unspecified atom stereocenters. The van der Waals surface area contributed by atoms with Crippen LogP contribution in [-0.2, 0) is 4.84 Å². The number of nitrogens with one attached hydrogen (secondary N) is 1. The van der Waals surface area contributed by atoms with Crippen LogP contribution in [-0.4, -0.2) is 31.4 Å². The molecule has 0 bridgehead atoms. The van der Waals surface area contributed by atoms with Crippen molar-refractivity contribution in [1.29, 1.82) is 5.41 Å². The maximum atomic E-state index is 7.47. The standard InChI is InChI=1S/C15H25N3O/c1-6-13(7-2)14(10-11-18(4)5)9-8-12(3)15(16)19-17/h6-9,16H,1,10-11,17H2,2-5H3/b12-8+,13-7-,14-9+,16-15?. The number of allylic oxidation sites excluding steroid dienone is 5. The van der Waals surface area contributed by atoms with E-state index in [0.29, 0.717) is 5.57 Å². The monoisotopic (exact) mass is 263 g/mol. The van der Waals surface area contributed by atoms with E-state index in [4.69, 9.17) is 11.3 Å². The van der Waals surface area contributed by atoms with Gasteiger partial charge in [-0.05, 0) is 45.5 Å². The first-order valence-electron chi connectivity index (χ1n) is 6.23. The van der Waals surface area contributed by atoms with Gasteiger partial charge in [0, 0.05) is 12.1 Å². The molecule has 0 heterocycles. The van der Waals surface area contributed by atoms with Gasteiger partial charge in [0.2, 0.25) is 5.90 Å². The summed E-state index contributed by atoms with van der Waals surface area (Å²) in [7, 11) is 4.08. The van der Waals surface area contributed by atoms with Crippen molar-refractivity contribution in [2.75, 3.05) is 20.6 Å². The second-order valence-electron chi connectivity index (χ2n) is 4.49. The molecule has 0 fully saturated rings. The molecule has 0 spiro atoms. The average Bonchev–Trinajstić information content (AvgIpc) is 2.40. The third-order valence-electron chi connectivity index (χ3n) is 2.74. The maximum Gasteiger partial charge on any atom is 0.233 e. The lowest BCUT2D eigenvalue weighted by atomic mass is 10.0. The molecule has 4 nitrogen and oxygen atoms in total. The predicted octanol–water partition coefficient (Wildman–Crippen LogP) is 2.81. The summed E-state index contributed by atoms with van der Waals surface area (Å²) in [5.41, 5.74) is 2.96. The zero-order chi connectivity index (χ0) is 14.8. The number of nitrogens with zero attached hydrogens (tertiary/aromatic N) is 1. The SMILES string of the molecule is C=CC(=C/C)/C(=C/C=C(\C)C(=N)ON)CCN(C)C. The fourth-order valence-corrected chi connectivity index (χ4v) is 1.50. The minimum atomic E-state index is -0.0242. The number of rotatable bonds is 7. The minimum absolute atomic E-state index is 0.0242. The Morgan fingerprint density at radius 1 is 1.37 bits per heavy atom. The summed E-state index contributed by atoms with van der Waals surface area (Å²) in [6.07, 6.45) is 8.62.